The molecule has 1 aromatic carbocycles. The van der Waals surface area contributed by atoms with E-state index in [0.29, 0.717) is 26.1 Å². The van der Waals surface area contributed by atoms with E-state index in [0.717, 1.165) is 24.9 Å². The predicted octanol–water partition coefficient (Wildman–Crippen LogP) is 1.30. The molecule has 0 bridgehead atoms. The van der Waals surface area contributed by atoms with Crippen molar-refractivity contribution >= 4 is 17.8 Å². The van der Waals surface area contributed by atoms with Gasteiger partial charge in [0.2, 0.25) is 11.8 Å². The van der Waals surface area contributed by atoms with Crippen LogP contribution in [0.1, 0.15) is 24.8 Å². The highest BCUT2D eigenvalue weighted by molar-refractivity contribution is 5.84. The fraction of sp³-hybridized carbons (Fsp3) is 0.550. The van der Waals surface area contributed by atoms with Gasteiger partial charge in [-0.25, -0.2) is 4.79 Å². The van der Waals surface area contributed by atoms with Crippen LogP contribution in [0.3, 0.4) is 0 Å². The van der Waals surface area contributed by atoms with Crippen LogP contribution in [-0.4, -0.2) is 72.8 Å². The summed E-state index contributed by atoms with van der Waals surface area (Å²) in [5, 5.41) is 2.62. The van der Waals surface area contributed by atoms with Gasteiger partial charge in [-0.05, 0) is 18.4 Å². The number of nitrogens with zero attached hydrogens (tertiary/aromatic N) is 3. The van der Waals surface area contributed by atoms with Gasteiger partial charge in [0.15, 0.2) is 0 Å². The number of piperidine rings is 1. The number of rotatable bonds is 4. The Morgan fingerprint density at radius 3 is 2.44 bits per heavy atom. The zero-order valence-corrected chi connectivity index (χ0v) is 16.1. The van der Waals surface area contributed by atoms with Gasteiger partial charge in [-0.1, -0.05) is 30.3 Å². The van der Waals surface area contributed by atoms with E-state index in [1.54, 1.807) is 19.0 Å². The van der Waals surface area contributed by atoms with Gasteiger partial charge < -0.3 is 20.0 Å². The Kier molecular flexibility index (Phi) is 5.68. The van der Waals surface area contributed by atoms with Crippen LogP contribution in [0.5, 0.6) is 0 Å². The second kappa shape index (κ2) is 7.98. The summed E-state index contributed by atoms with van der Waals surface area (Å²) >= 11 is 0. The summed E-state index contributed by atoms with van der Waals surface area (Å²) in [4.78, 5) is 41.5. The summed E-state index contributed by atoms with van der Waals surface area (Å²) in [5.74, 6) is 0.141. The molecule has 2 saturated heterocycles. The van der Waals surface area contributed by atoms with Crippen LogP contribution in [0.15, 0.2) is 30.3 Å². The van der Waals surface area contributed by atoms with E-state index in [1.165, 1.54) is 4.90 Å². The maximum atomic E-state index is 12.5. The van der Waals surface area contributed by atoms with Crippen molar-refractivity contribution in [1.29, 1.82) is 0 Å². The van der Waals surface area contributed by atoms with Gasteiger partial charge in [-0.3, -0.25) is 9.59 Å². The Balaban J connectivity index is 1.50. The Morgan fingerprint density at radius 2 is 1.81 bits per heavy atom. The van der Waals surface area contributed by atoms with Gasteiger partial charge in [0.1, 0.15) is 0 Å². The molecule has 0 atom stereocenters. The van der Waals surface area contributed by atoms with Crippen LogP contribution >= 0.6 is 0 Å². The molecule has 0 saturated carbocycles. The number of urea groups is 1. The molecule has 2 aliphatic rings. The first kappa shape index (κ1) is 19.2. The fourth-order valence-corrected chi connectivity index (χ4v) is 3.92. The van der Waals surface area contributed by atoms with Gasteiger partial charge in [0, 0.05) is 52.1 Å². The van der Waals surface area contributed by atoms with E-state index in [-0.39, 0.29) is 29.8 Å². The summed E-state index contributed by atoms with van der Waals surface area (Å²) < 4.78 is 0. The minimum atomic E-state index is -0.269. The molecular weight excluding hydrogens is 344 g/mol. The zero-order valence-electron chi connectivity index (χ0n) is 16.1. The van der Waals surface area contributed by atoms with E-state index in [2.05, 4.69) is 5.32 Å². The molecule has 27 heavy (non-hydrogen) atoms. The maximum Gasteiger partial charge on any atom is 0.317 e. The van der Waals surface area contributed by atoms with Gasteiger partial charge in [0.25, 0.3) is 0 Å². The third-order valence-electron chi connectivity index (χ3n) is 5.60. The molecule has 2 heterocycles. The maximum absolute atomic E-state index is 12.5. The lowest BCUT2D eigenvalue weighted by molar-refractivity contribution is -0.132. The molecular formula is C20H28N4O3. The largest absolute Gasteiger partial charge is 0.341 e. The Bertz CT molecular complexity index is 696. The van der Waals surface area contributed by atoms with E-state index in [4.69, 9.17) is 0 Å². The fourth-order valence-electron chi connectivity index (χ4n) is 3.92. The van der Waals surface area contributed by atoms with Gasteiger partial charge in [-0.2, -0.15) is 0 Å². The quantitative estimate of drug-likeness (QED) is 0.866. The SMILES string of the molecule is CN(C)C(=O)NCC(=O)N1CCC2(CC1)CC(=O)N(Cc1ccccc1)C2. The number of hydrogen-bond donors (Lipinski definition) is 1. The summed E-state index contributed by atoms with van der Waals surface area (Å²) in [6.07, 6.45) is 2.23. The zero-order chi connectivity index (χ0) is 19.4. The molecule has 4 amide bonds. The smallest absolute Gasteiger partial charge is 0.317 e. The lowest BCUT2D eigenvalue weighted by Gasteiger charge is -2.39. The lowest BCUT2D eigenvalue weighted by Crippen LogP contribution is -2.48. The highest BCUT2D eigenvalue weighted by Gasteiger charge is 2.45. The van der Waals surface area contributed by atoms with Crippen molar-refractivity contribution in [1.82, 2.24) is 20.0 Å². The molecule has 0 radical (unpaired) electrons. The first-order valence-corrected chi connectivity index (χ1v) is 9.43. The summed E-state index contributed by atoms with van der Waals surface area (Å²) in [6, 6.07) is 9.78. The molecule has 7 nitrogen and oxygen atoms in total. The summed E-state index contributed by atoms with van der Waals surface area (Å²) in [5.41, 5.74) is 1.13. The van der Waals surface area contributed by atoms with Gasteiger partial charge in [0.05, 0.1) is 6.54 Å². The highest BCUT2D eigenvalue weighted by atomic mass is 16.2. The summed E-state index contributed by atoms with van der Waals surface area (Å²) in [7, 11) is 3.28. The van der Waals surface area contributed by atoms with Crippen molar-refractivity contribution in [2.45, 2.75) is 25.8 Å². The van der Waals surface area contributed by atoms with Crippen molar-refractivity contribution < 1.29 is 14.4 Å². The van der Waals surface area contributed by atoms with Crippen molar-refractivity contribution in [3.05, 3.63) is 35.9 Å². The van der Waals surface area contributed by atoms with Crippen molar-refractivity contribution in [2.24, 2.45) is 5.41 Å². The van der Waals surface area contributed by atoms with Gasteiger partial charge in [-0.15, -0.1) is 0 Å². The minimum Gasteiger partial charge on any atom is -0.341 e. The first-order chi connectivity index (χ1) is 12.9. The molecule has 7 heteroatoms. The lowest BCUT2D eigenvalue weighted by atomic mass is 9.77. The number of benzene rings is 1. The number of likely N-dealkylation sites (tertiary alicyclic amines) is 2. The Hall–Kier alpha value is -2.57. The van der Waals surface area contributed by atoms with E-state index >= 15 is 0 Å². The number of carbonyl (C=O) groups excluding carboxylic acids is 3. The second-order valence-corrected chi connectivity index (χ2v) is 7.85. The number of hydrogen-bond acceptors (Lipinski definition) is 3. The molecule has 1 N–H and O–H groups in total. The third-order valence-corrected chi connectivity index (χ3v) is 5.60. The standard InChI is InChI=1S/C20H28N4O3/c1-22(2)19(27)21-13-18(26)23-10-8-20(9-11-23)12-17(25)24(15-20)14-16-6-4-3-5-7-16/h3-7H,8-15H2,1-2H3,(H,21,27). The molecule has 0 aromatic heterocycles. The molecule has 146 valence electrons. The van der Waals surface area contributed by atoms with Crippen LogP contribution in [0.25, 0.3) is 0 Å². The van der Waals surface area contributed by atoms with Crippen LogP contribution in [-0.2, 0) is 16.1 Å². The summed E-state index contributed by atoms with van der Waals surface area (Å²) in [6.45, 7) is 2.72. The van der Waals surface area contributed by atoms with Crippen LogP contribution < -0.4 is 5.32 Å². The van der Waals surface area contributed by atoms with Crippen LogP contribution in [0.4, 0.5) is 4.79 Å². The van der Waals surface area contributed by atoms with Crippen molar-refractivity contribution in [3.8, 4) is 0 Å². The molecule has 3 rings (SSSR count). The molecule has 1 spiro atoms. The second-order valence-electron chi connectivity index (χ2n) is 7.85. The Labute approximate surface area is 160 Å². The monoisotopic (exact) mass is 372 g/mol. The highest BCUT2D eigenvalue weighted by Crippen LogP contribution is 2.41. The van der Waals surface area contributed by atoms with E-state index < -0.39 is 0 Å². The molecule has 2 fully saturated rings. The Morgan fingerprint density at radius 1 is 1.15 bits per heavy atom. The molecule has 0 aliphatic carbocycles. The normalized spacial score (nSPS) is 18.7. The number of amides is 4. The molecule has 2 aliphatic heterocycles. The van der Waals surface area contributed by atoms with Crippen LogP contribution in [0, 0.1) is 5.41 Å². The topological polar surface area (TPSA) is 73.0 Å². The third kappa shape index (κ3) is 4.59. The molecule has 0 unspecified atom stereocenters. The van der Waals surface area contributed by atoms with Crippen LogP contribution in [0.2, 0.25) is 0 Å². The average Bonchev–Trinajstić information content (AvgIpc) is 2.95. The van der Waals surface area contributed by atoms with E-state index in [9.17, 15) is 14.4 Å². The number of carbonyl (C=O) groups is 3. The van der Waals surface area contributed by atoms with Gasteiger partial charge >= 0.3 is 6.03 Å². The van der Waals surface area contributed by atoms with Crippen molar-refractivity contribution in [3.63, 3.8) is 0 Å². The first-order valence-electron chi connectivity index (χ1n) is 9.43. The molecule has 1 aromatic rings. The van der Waals surface area contributed by atoms with Crippen molar-refractivity contribution in [2.75, 3.05) is 40.3 Å². The minimum absolute atomic E-state index is 0.0169. The predicted molar refractivity (Wildman–Crippen MR) is 102 cm³/mol. The van der Waals surface area contributed by atoms with E-state index in [1.807, 2.05) is 35.2 Å². The average molecular weight is 372 g/mol. The number of nitrogens with one attached hydrogen (secondary N) is 1.